The first kappa shape index (κ1) is 15.9. The topological polar surface area (TPSA) is 48.0 Å². The van der Waals surface area contributed by atoms with Crippen molar-refractivity contribution in [2.24, 2.45) is 5.73 Å². The zero-order chi connectivity index (χ0) is 16.3. The SMILES string of the molecule is Cc1c(C)n(C(C)(C)C)c2c(C(N)=O)c(F)c(F)c(Br)c12. The van der Waals surface area contributed by atoms with Gasteiger partial charge in [-0.05, 0) is 56.1 Å². The highest BCUT2D eigenvalue weighted by Gasteiger charge is 2.30. The highest BCUT2D eigenvalue weighted by Crippen LogP contribution is 2.40. The molecule has 0 fully saturated rings. The lowest BCUT2D eigenvalue weighted by molar-refractivity contribution is 0.0996. The van der Waals surface area contributed by atoms with E-state index >= 15 is 0 Å². The van der Waals surface area contributed by atoms with Crippen LogP contribution in [0.15, 0.2) is 4.47 Å². The molecular formula is C15H17BrF2N2O. The van der Waals surface area contributed by atoms with Crippen LogP contribution in [0.5, 0.6) is 0 Å². The number of nitrogens with two attached hydrogens (primary N) is 1. The fourth-order valence-corrected chi connectivity index (χ4v) is 3.45. The Morgan fingerprint density at radius 1 is 1.19 bits per heavy atom. The first-order chi connectivity index (χ1) is 9.50. The maximum atomic E-state index is 14.2. The third kappa shape index (κ3) is 2.16. The minimum absolute atomic E-state index is 0.0172. The lowest BCUT2D eigenvalue weighted by Crippen LogP contribution is -2.25. The van der Waals surface area contributed by atoms with Crippen LogP contribution >= 0.6 is 15.9 Å². The van der Waals surface area contributed by atoms with Crippen LogP contribution in [0.3, 0.4) is 0 Å². The lowest BCUT2D eigenvalue weighted by Gasteiger charge is -2.26. The molecule has 2 aromatic rings. The van der Waals surface area contributed by atoms with Crippen molar-refractivity contribution in [3.8, 4) is 0 Å². The average Bonchev–Trinajstić information content (AvgIpc) is 2.58. The highest BCUT2D eigenvalue weighted by atomic mass is 79.9. The number of nitrogens with zero attached hydrogens (tertiary/aromatic N) is 1. The third-order valence-electron chi connectivity index (χ3n) is 3.69. The number of amides is 1. The van der Waals surface area contributed by atoms with Crippen LogP contribution in [0.1, 0.15) is 42.4 Å². The van der Waals surface area contributed by atoms with Gasteiger partial charge in [-0.2, -0.15) is 0 Å². The number of halogens is 3. The molecule has 6 heteroatoms. The second-order valence-electron chi connectivity index (χ2n) is 6.12. The quantitative estimate of drug-likeness (QED) is 0.764. The maximum absolute atomic E-state index is 14.2. The van der Waals surface area contributed by atoms with E-state index < -0.39 is 28.6 Å². The Balaban J connectivity index is 3.23. The largest absolute Gasteiger partial charge is 0.365 e. The van der Waals surface area contributed by atoms with E-state index in [1.54, 1.807) is 0 Å². The number of hydrogen-bond acceptors (Lipinski definition) is 1. The molecule has 2 rings (SSSR count). The summed E-state index contributed by atoms with van der Waals surface area (Å²) >= 11 is 3.10. The van der Waals surface area contributed by atoms with Gasteiger partial charge in [0.25, 0.3) is 5.91 Å². The standard InChI is InChI=1S/C15H17BrF2N2O/c1-6-7(2)20(15(3,4)5)13-8(6)10(16)12(18)11(17)9(13)14(19)21/h1-5H3,(H2,19,21). The summed E-state index contributed by atoms with van der Waals surface area (Å²) in [5.74, 6) is -3.29. The number of aromatic nitrogens is 1. The summed E-state index contributed by atoms with van der Waals surface area (Å²) in [6, 6.07) is 0. The maximum Gasteiger partial charge on any atom is 0.253 e. The predicted octanol–water partition coefficient (Wildman–Crippen LogP) is 4.15. The first-order valence-corrected chi connectivity index (χ1v) is 7.27. The van der Waals surface area contributed by atoms with E-state index in [0.717, 1.165) is 11.3 Å². The lowest BCUT2D eigenvalue weighted by atomic mass is 10.0. The van der Waals surface area contributed by atoms with E-state index in [0.29, 0.717) is 10.9 Å². The number of primary amides is 1. The monoisotopic (exact) mass is 358 g/mol. The van der Waals surface area contributed by atoms with E-state index in [9.17, 15) is 13.6 Å². The number of carbonyl (C=O) groups excluding carboxylic acids is 1. The Hall–Kier alpha value is -1.43. The summed E-state index contributed by atoms with van der Waals surface area (Å²) in [6.07, 6.45) is 0. The molecule has 0 saturated heterocycles. The van der Waals surface area contributed by atoms with Crippen LogP contribution in [0.2, 0.25) is 0 Å². The van der Waals surface area contributed by atoms with Crippen molar-refractivity contribution < 1.29 is 13.6 Å². The zero-order valence-electron chi connectivity index (χ0n) is 12.6. The molecule has 1 aromatic carbocycles. The van der Waals surface area contributed by atoms with Gasteiger partial charge in [0.2, 0.25) is 0 Å². The molecule has 0 spiro atoms. The predicted molar refractivity (Wildman–Crippen MR) is 82.5 cm³/mol. The molecule has 0 saturated carbocycles. The Labute approximate surface area is 130 Å². The molecule has 0 aliphatic rings. The van der Waals surface area contributed by atoms with Crippen LogP contribution in [0.4, 0.5) is 8.78 Å². The van der Waals surface area contributed by atoms with Gasteiger partial charge in [0.15, 0.2) is 11.6 Å². The zero-order valence-corrected chi connectivity index (χ0v) is 14.2. The number of fused-ring (bicyclic) bond motifs is 1. The number of carbonyl (C=O) groups is 1. The van der Waals surface area contributed by atoms with Crippen molar-refractivity contribution in [1.82, 2.24) is 4.57 Å². The van der Waals surface area contributed by atoms with E-state index in [2.05, 4.69) is 15.9 Å². The summed E-state index contributed by atoms with van der Waals surface area (Å²) in [7, 11) is 0. The molecule has 2 N–H and O–H groups in total. The third-order valence-corrected chi connectivity index (χ3v) is 4.44. The van der Waals surface area contributed by atoms with Crippen molar-refractivity contribution >= 4 is 32.7 Å². The molecule has 0 unspecified atom stereocenters. The van der Waals surface area contributed by atoms with E-state index in [1.807, 2.05) is 39.2 Å². The Kier molecular flexibility index (Phi) is 3.64. The Bertz CT molecular complexity index is 773. The molecule has 3 nitrogen and oxygen atoms in total. The number of aryl methyl sites for hydroxylation is 1. The van der Waals surface area contributed by atoms with Gasteiger partial charge in [0.1, 0.15) is 5.56 Å². The van der Waals surface area contributed by atoms with Gasteiger partial charge >= 0.3 is 0 Å². The molecule has 0 bridgehead atoms. The minimum Gasteiger partial charge on any atom is -0.365 e. The van der Waals surface area contributed by atoms with Gasteiger partial charge in [-0.1, -0.05) is 0 Å². The Morgan fingerprint density at radius 2 is 1.71 bits per heavy atom. The normalized spacial score (nSPS) is 12.2. The minimum atomic E-state index is -1.22. The Morgan fingerprint density at radius 3 is 2.14 bits per heavy atom. The van der Waals surface area contributed by atoms with Crippen molar-refractivity contribution in [1.29, 1.82) is 0 Å². The molecule has 0 radical (unpaired) electrons. The summed E-state index contributed by atoms with van der Waals surface area (Å²) < 4.78 is 30.1. The van der Waals surface area contributed by atoms with Gasteiger partial charge in [-0.25, -0.2) is 8.78 Å². The summed E-state index contributed by atoms with van der Waals surface area (Å²) in [6.45, 7) is 9.46. The summed E-state index contributed by atoms with van der Waals surface area (Å²) in [5, 5.41) is 0.482. The van der Waals surface area contributed by atoms with Crippen LogP contribution < -0.4 is 5.73 Å². The van der Waals surface area contributed by atoms with Crippen molar-refractivity contribution in [2.45, 2.75) is 40.2 Å². The van der Waals surface area contributed by atoms with E-state index in [1.165, 1.54) is 0 Å². The van der Waals surface area contributed by atoms with Gasteiger partial charge < -0.3 is 10.3 Å². The second kappa shape index (κ2) is 4.80. The molecule has 0 atom stereocenters. The van der Waals surface area contributed by atoms with Crippen LogP contribution in [0, 0.1) is 25.5 Å². The fraction of sp³-hybridized carbons (Fsp3) is 0.400. The smallest absolute Gasteiger partial charge is 0.253 e. The molecule has 1 aromatic heterocycles. The van der Waals surface area contributed by atoms with Gasteiger partial charge in [0, 0.05) is 16.6 Å². The fourth-order valence-electron chi connectivity index (χ4n) is 2.79. The first-order valence-electron chi connectivity index (χ1n) is 6.48. The molecule has 0 aliphatic carbocycles. The average molecular weight is 359 g/mol. The highest BCUT2D eigenvalue weighted by molar-refractivity contribution is 9.10. The van der Waals surface area contributed by atoms with Crippen LogP contribution in [0.25, 0.3) is 10.9 Å². The van der Waals surface area contributed by atoms with Crippen LogP contribution in [-0.4, -0.2) is 10.5 Å². The van der Waals surface area contributed by atoms with Gasteiger partial charge in [0.05, 0.1) is 9.99 Å². The number of rotatable bonds is 1. The van der Waals surface area contributed by atoms with Crippen LogP contribution in [-0.2, 0) is 5.54 Å². The van der Waals surface area contributed by atoms with E-state index in [4.69, 9.17) is 5.73 Å². The summed E-state index contributed by atoms with van der Waals surface area (Å²) in [5.41, 5.74) is 6.43. The number of hydrogen-bond donors (Lipinski definition) is 1. The second-order valence-corrected chi connectivity index (χ2v) is 6.91. The molecule has 114 valence electrons. The summed E-state index contributed by atoms with van der Waals surface area (Å²) in [4.78, 5) is 11.7. The molecular weight excluding hydrogens is 342 g/mol. The van der Waals surface area contributed by atoms with Crippen molar-refractivity contribution in [3.05, 3.63) is 32.9 Å². The molecule has 21 heavy (non-hydrogen) atoms. The molecule has 1 heterocycles. The molecule has 0 aliphatic heterocycles. The van der Waals surface area contributed by atoms with Gasteiger partial charge in [-0.3, -0.25) is 4.79 Å². The van der Waals surface area contributed by atoms with Crippen molar-refractivity contribution in [2.75, 3.05) is 0 Å². The number of benzene rings is 1. The van der Waals surface area contributed by atoms with Crippen molar-refractivity contribution in [3.63, 3.8) is 0 Å². The van der Waals surface area contributed by atoms with E-state index in [-0.39, 0.29) is 4.47 Å². The van der Waals surface area contributed by atoms with Gasteiger partial charge in [-0.15, -0.1) is 0 Å². The molecule has 1 amide bonds.